The highest BCUT2D eigenvalue weighted by Gasteiger charge is 2.30. The molecule has 1 aliphatic heterocycles. The highest BCUT2D eigenvalue weighted by atomic mass is 35.5. The van der Waals surface area contributed by atoms with E-state index in [4.69, 9.17) is 23.2 Å². The summed E-state index contributed by atoms with van der Waals surface area (Å²) in [7, 11) is -3.63. The molecule has 0 aliphatic carbocycles. The zero-order chi connectivity index (χ0) is 18.0. The molecule has 3 rings (SSSR count). The van der Waals surface area contributed by atoms with Crippen molar-refractivity contribution >= 4 is 45.6 Å². The SMILES string of the molecule is Cc1ccccc1CN1CCN(S(=O)(=O)c2cc(Cl)ccc2Cl)CC1.Cl. The molecular weight excluding hydrogens is 415 g/mol. The van der Waals surface area contributed by atoms with Crippen LogP contribution in [-0.2, 0) is 16.6 Å². The van der Waals surface area contributed by atoms with Crippen LogP contribution in [0.4, 0.5) is 0 Å². The summed E-state index contributed by atoms with van der Waals surface area (Å²) in [5.74, 6) is 0. The van der Waals surface area contributed by atoms with Gasteiger partial charge in [-0.05, 0) is 36.2 Å². The molecule has 2 aromatic carbocycles. The zero-order valence-corrected chi connectivity index (χ0v) is 17.5. The van der Waals surface area contributed by atoms with Crippen molar-refractivity contribution in [2.75, 3.05) is 26.2 Å². The maximum absolute atomic E-state index is 12.8. The van der Waals surface area contributed by atoms with Crippen molar-refractivity contribution in [1.82, 2.24) is 9.21 Å². The Morgan fingerprint density at radius 1 is 1.00 bits per heavy atom. The Kier molecular flexibility index (Phi) is 7.36. The van der Waals surface area contributed by atoms with Gasteiger partial charge < -0.3 is 0 Å². The fourth-order valence-electron chi connectivity index (χ4n) is 2.97. The Balaban J connectivity index is 0.00000243. The Morgan fingerprint density at radius 3 is 2.31 bits per heavy atom. The molecule has 0 radical (unpaired) electrons. The molecule has 0 aromatic heterocycles. The van der Waals surface area contributed by atoms with Gasteiger partial charge in [0.05, 0.1) is 5.02 Å². The number of nitrogens with zero attached hydrogens (tertiary/aromatic N) is 2. The maximum atomic E-state index is 12.8. The fourth-order valence-corrected chi connectivity index (χ4v) is 5.13. The van der Waals surface area contributed by atoms with Gasteiger partial charge in [0.1, 0.15) is 4.90 Å². The summed E-state index contributed by atoms with van der Waals surface area (Å²) in [5, 5.41) is 0.563. The van der Waals surface area contributed by atoms with Gasteiger partial charge in [0.25, 0.3) is 0 Å². The summed E-state index contributed by atoms with van der Waals surface area (Å²) in [6, 6.07) is 12.8. The van der Waals surface area contributed by atoms with Gasteiger partial charge >= 0.3 is 0 Å². The topological polar surface area (TPSA) is 40.6 Å². The number of halogens is 3. The van der Waals surface area contributed by atoms with Crippen molar-refractivity contribution in [3.05, 3.63) is 63.6 Å². The minimum absolute atomic E-state index is 0. The first-order chi connectivity index (χ1) is 11.9. The predicted molar refractivity (Wildman–Crippen MR) is 109 cm³/mol. The summed E-state index contributed by atoms with van der Waals surface area (Å²) in [5.41, 5.74) is 2.53. The smallest absolute Gasteiger partial charge is 0.244 e. The molecular formula is C18H21Cl3N2O2S. The van der Waals surface area contributed by atoms with E-state index in [1.165, 1.54) is 27.6 Å². The van der Waals surface area contributed by atoms with Gasteiger partial charge in [0.15, 0.2) is 0 Å². The molecule has 0 saturated carbocycles. The van der Waals surface area contributed by atoms with E-state index < -0.39 is 10.0 Å². The van der Waals surface area contributed by atoms with Crippen molar-refractivity contribution in [2.24, 2.45) is 0 Å². The second kappa shape index (κ2) is 8.91. The lowest BCUT2D eigenvalue weighted by Gasteiger charge is -2.34. The third-order valence-corrected chi connectivity index (χ3v) is 7.11. The van der Waals surface area contributed by atoms with Crippen LogP contribution in [0.2, 0.25) is 10.0 Å². The number of hydrogen-bond donors (Lipinski definition) is 0. The van der Waals surface area contributed by atoms with Crippen LogP contribution >= 0.6 is 35.6 Å². The fraction of sp³-hybridized carbons (Fsp3) is 0.333. The third-order valence-electron chi connectivity index (χ3n) is 4.50. The number of aryl methyl sites for hydroxylation is 1. The van der Waals surface area contributed by atoms with Crippen molar-refractivity contribution in [1.29, 1.82) is 0 Å². The normalized spacial score (nSPS) is 16.3. The van der Waals surface area contributed by atoms with Crippen LogP contribution in [0.3, 0.4) is 0 Å². The van der Waals surface area contributed by atoms with E-state index in [9.17, 15) is 8.42 Å². The zero-order valence-electron chi connectivity index (χ0n) is 14.4. The number of piperazine rings is 1. The number of benzene rings is 2. The molecule has 0 N–H and O–H groups in total. The van der Waals surface area contributed by atoms with Crippen LogP contribution < -0.4 is 0 Å². The average molecular weight is 436 g/mol. The van der Waals surface area contributed by atoms with E-state index in [1.54, 1.807) is 6.07 Å². The van der Waals surface area contributed by atoms with Gasteiger partial charge in [-0.25, -0.2) is 8.42 Å². The quantitative estimate of drug-likeness (QED) is 0.721. The third kappa shape index (κ3) is 4.71. The average Bonchev–Trinajstić information content (AvgIpc) is 2.59. The van der Waals surface area contributed by atoms with Gasteiger partial charge in [-0.3, -0.25) is 4.90 Å². The van der Waals surface area contributed by atoms with Gasteiger partial charge in [-0.15, -0.1) is 12.4 Å². The van der Waals surface area contributed by atoms with E-state index in [1.807, 2.05) is 12.1 Å². The van der Waals surface area contributed by atoms with Crippen LogP contribution in [0, 0.1) is 6.92 Å². The molecule has 4 nitrogen and oxygen atoms in total. The molecule has 0 amide bonds. The summed E-state index contributed by atoms with van der Waals surface area (Å²) < 4.78 is 27.2. The van der Waals surface area contributed by atoms with E-state index in [-0.39, 0.29) is 22.3 Å². The molecule has 1 saturated heterocycles. The molecule has 0 atom stereocenters. The second-order valence-corrected chi connectivity index (χ2v) is 8.93. The number of sulfonamides is 1. The number of hydrogen-bond acceptors (Lipinski definition) is 3. The predicted octanol–water partition coefficient (Wildman–Crippen LogP) is 4.23. The minimum atomic E-state index is -3.63. The van der Waals surface area contributed by atoms with Gasteiger partial charge in [-0.1, -0.05) is 47.5 Å². The molecule has 1 aliphatic rings. The van der Waals surface area contributed by atoms with Crippen LogP contribution in [0.15, 0.2) is 47.4 Å². The Hall–Kier alpha value is -0.820. The monoisotopic (exact) mass is 434 g/mol. The largest absolute Gasteiger partial charge is 0.296 e. The molecule has 142 valence electrons. The maximum Gasteiger partial charge on any atom is 0.244 e. The molecule has 8 heteroatoms. The highest BCUT2D eigenvalue weighted by Crippen LogP contribution is 2.28. The first-order valence-electron chi connectivity index (χ1n) is 8.10. The molecule has 1 heterocycles. The van der Waals surface area contributed by atoms with Crippen LogP contribution in [0.25, 0.3) is 0 Å². The van der Waals surface area contributed by atoms with Crippen LogP contribution in [-0.4, -0.2) is 43.8 Å². The number of rotatable bonds is 4. The second-order valence-electron chi connectivity index (χ2n) is 6.18. The Bertz CT molecular complexity index is 866. The molecule has 0 bridgehead atoms. The lowest BCUT2D eigenvalue weighted by atomic mass is 10.1. The first-order valence-corrected chi connectivity index (χ1v) is 10.3. The molecule has 0 spiro atoms. The summed E-state index contributed by atoms with van der Waals surface area (Å²) in [4.78, 5) is 2.35. The minimum Gasteiger partial charge on any atom is -0.296 e. The summed E-state index contributed by atoms with van der Waals surface area (Å²) >= 11 is 12.0. The van der Waals surface area contributed by atoms with Crippen LogP contribution in [0.1, 0.15) is 11.1 Å². The van der Waals surface area contributed by atoms with E-state index in [0.29, 0.717) is 31.2 Å². The van der Waals surface area contributed by atoms with Gasteiger partial charge in [0, 0.05) is 37.7 Å². The lowest BCUT2D eigenvalue weighted by Crippen LogP contribution is -2.48. The lowest BCUT2D eigenvalue weighted by molar-refractivity contribution is 0.181. The highest BCUT2D eigenvalue weighted by molar-refractivity contribution is 7.89. The molecule has 1 fully saturated rings. The van der Waals surface area contributed by atoms with Gasteiger partial charge in [-0.2, -0.15) is 4.31 Å². The Morgan fingerprint density at radius 2 is 1.65 bits per heavy atom. The molecule has 26 heavy (non-hydrogen) atoms. The van der Waals surface area contributed by atoms with E-state index in [0.717, 1.165) is 6.54 Å². The standard InChI is InChI=1S/C18H20Cl2N2O2S.ClH/c1-14-4-2-3-5-15(14)13-21-8-10-22(11-9-21)25(23,24)18-12-16(19)6-7-17(18)20;/h2-7,12H,8-11,13H2,1H3;1H. The summed E-state index contributed by atoms with van der Waals surface area (Å²) in [6.45, 7) is 5.18. The van der Waals surface area contributed by atoms with Crippen LogP contribution in [0.5, 0.6) is 0 Å². The van der Waals surface area contributed by atoms with Crippen molar-refractivity contribution in [3.8, 4) is 0 Å². The Labute approximate surface area is 171 Å². The molecule has 2 aromatic rings. The molecule has 0 unspecified atom stereocenters. The van der Waals surface area contributed by atoms with E-state index in [2.05, 4.69) is 24.0 Å². The first kappa shape index (κ1) is 21.5. The summed E-state index contributed by atoms with van der Waals surface area (Å²) in [6.07, 6.45) is 0. The van der Waals surface area contributed by atoms with Crippen molar-refractivity contribution in [3.63, 3.8) is 0 Å². The van der Waals surface area contributed by atoms with E-state index >= 15 is 0 Å². The van der Waals surface area contributed by atoms with Gasteiger partial charge in [0.2, 0.25) is 10.0 Å². The van der Waals surface area contributed by atoms with Crippen molar-refractivity contribution < 1.29 is 8.42 Å². The van der Waals surface area contributed by atoms with Crippen molar-refractivity contribution in [2.45, 2.75) is 18.4 Å².